The molecule has 0 bridgehead atoms. The van der Waals surface area contributed by atoms with Crippen LogP contribution in [0.4, 0.5) is 4.39 Å². The van der Waals surface area contributed by atoms with Crippen molar-refractivity contribution < 1.29 is 19.0 Å². The lowest BCUT2D eigenvalue weighted by Gasteiger charge is -2.39. The van der Waals surface area contributed by atoms with Crippen molar-refractivity contribution >= 4 is 0 Å². The van der Waals surface area contributed by atoms with Crippen LogP contribution in [0.3, 0.4) is 0 Å². The summed E-state index contributed by atoms with van der Waals surface area (Å²) < 4.78 is 24.3. The molecule has 0 radical (unpaired) electrons. The number of halogens is 1. The molecule has 0 aliphatic carbocycles. The van der Waals surface area contributed by atoms with Crippen molar-refractivity contribution in [1.29, 1.82) is 0 Å². The zero-order valence-electron chi connectivity index (χ0n) is 11.6. The Morgan fingerprint density at radius 2 is 2.21 bits per heavy atom. The van der Waals surface area contributed by atoms with Crippen molar-refractivity contribution in [2.75, 3.05) is 13.7 Å². The van der Waals surface area contributed by atoms with Crippen LogP contribution in [-0.4, -0.2) is 24.9 Å². The van der Waals surface area contributed by atoms with Gasteiger partial charge in [0.2, 0.25) is 0 Å². The number of ether oxygens (including phenoxy) is 2. The third-order valence-corrected chi connectivity index (χ3v) is 3.82. The fourth-order valence-corrected chi connectivity index (χ4v) is 2.52. The summed E-state index contributed by atoms with van der Waals surface area (Å²) in [6.45, 7) is 4.61. The highest BCUT2D eigenvalue weighted by atomic mass is 19.1. The van der Waals surface area contributed by atoms with Gasteiger partial charge in [0.25, 0.3) is 0 Å². The Bertz CT molecular complexity index is 447. The maximum absolute atomic E-state index is 13.8. The monoisotopic (exact) mass is 268 g/mol. The van der Waals surface area contributed by atoms with Crippen LogP contribution in [0.2, 0.25) is 0 Å². The Balaban J connectivity index is 2.26. The predicted molar refractivity (Wildman–Crippen MR) is 70.7 cm³/mol. The van der Waals surface area contributed by atoms with Crippen LogP contribution in [0.25, 0.3) is 0 Å². The molecule has 0 aromatic heterocycles. The van der Waals surface area contributed by atoms with Crippen LogP contribution in [0.15, 0.2) is 18.2 Å². The van der Waals surface area contributed by atoms with E-state index < -0.39 is 11.4 Å². The van der Waals surface area contributed by atoms with Crippen molar-refractivity contribution in [2.45, 2.75) is 38.4 Å². The van der Waals surface area contributed by atoms with E-state index in [0.717, 1.165) is 0 Å². The van der Waals surface area contributed by atoms with Gasteiger partial charge < -0.3 is 14.6 Å². The first-order valence-electron chi connectivity index (χ1n) is 6.64. The fraction of sp³-hybridized carbons (Fsp3) is 0.600. The normalized spacial score (nSPS) is 27.6. The molecular formula is C15H21FO3. The van der Waals surface area contributed by atoms with Crippen LogP contribution in [0, 0.1) is 11.7 Å². The van der Waals surface area contributed by atoms with Crippen LogP contribution < -0.4 is 4.74 Å². The maximum Gasteiger partial charge on any atom is 0.165 e. The second kappa shape index (κ2) is 5.47. The molecule has 1 aliphatic rings. The Morgan fingerprint density at radius 1 is 1.47 bits per heavy atom. The Morgan fingerprint density at radius 3 is 2.79 bits per heavy atom. The first-order valence-corrected chi connectivity index (χ1v) is 6.64. The molecule has 4 heteroatoms. The Labute approximate surface area is 113 Å². The average Bonchev–Trinajstić information content (AvgIpc) is 2.38. The summed E-state index contributed by atoms with van der Waals surface area (Å²) in [5.74, 6) is 0.0794. The minimum absolute atomic E-state index is 0.00362. The molecule has 1 heterocycles. The molecule has 1 aliphatic heterocycles. The van der Waals surface area contributed by atoms with E-state index >= 15 is 0 Å². The summed E-state index contributed by atoms with van der Waals surface area (Å²) >= 11 is 0. The summed E-state index contributed by atoms with van der Waals surface area (Å²) in [7, 11) is 1.43. The van der Waals surface area contributed by atoms with Crippen molar-refractivity contribution in [3.05, 3.63) is 29.6 Å². The summed E-state index contributed by atoms with van der Waals surface area (Å²) in [6, 6.07) is 4.65. The Hall–Kier alpha value is -1.13. The molecule has 0 spiro atoms. The SMILES string of the molecule is COc1ccc(C2(O)CCOC(C(C)C)C2)cc1F. The van der Waals surface area contributed by atoms with E-state index in [2.05, 4.69) is 13.8 Å². The minimum Gasteiger partial charge on any atom is -0.494 e. The van der Waals surface area contributed by atoms with Gasteiger partial charge in [0, 0.05) is 12.8 Å². The molecule has 1 aromatic carbocycles. The smallest absolute Gasteiger partial charge is 0.165 e. The fourth-order valence-electron chi connectivity index (χ4n) is 2.52. The number of benzene rings is 1. The zero-order chi connectivity index (χ0) is 14.0. The lowest BCUT2D eigenvalue weighted by atomic mass is 9.81. The Kier molecular flexibility index (Phi) is 4.11. The summed E-state index contributed by atoms with van der Waals surface area (Å²) in [5.41, 5.74) is -0.417. The van der Waals surface area contributed by atoms with Gasteiger partial charge in [-0.05, 0) is 23.6 Å². The van der Waals surface area contributed by atoms with E-state index in [4.69, 9.17) is 9.47 Å². The first-order chi connectivity index (χ1) is 8.96. The van der Waals surface area contributed by atoms with Crippen LogP contribution in [0.5, 0.6) is 5.75 Å². The second-order valence-electron chi connectivity index (χ2n) is 5.49. The summed E-state index contributed by atoms with van der Waals surface area (Å²) in [6.07, 6.45) is 0.988. The highest BCUT2D eigenvalue weighted by Gasteiger charge is 2.38. The van der Waals surface area contributed by atoms with Gasteiger partial charge in [0.05, 0.1) is 25.4 Å². The van der Waals surface area contributed by atoms with Gasteiger partial charge in [-0.15, -0.1) is 0 Å². The lowest BCUT2D eigenvalue weighted by molar-refractivity contribution is -0.121. The first kappa shape index (κ1) is 14.3. The van der Waals surface area contributed by atoms with E-state index in [1.165, 1.54) is 13.2 Å². The highest BCUT2D eigenvalue weighted by molar-refractivity contribution is 5.33. The highest BCUT2D eigenvalue weighted by Crippen LogP contribution is 2.37. The van der Waals surface area contributed by atoms with Gasteiger partial charge in [-0.1, -0.05) is 19.9 Å². The molecule has 106 valence electrons. The van der Waals surface area contributed by atoms with Crippen molar-refractivity contribution in [1.82, 2.24) is 0 Å². The molecule has 2 atom stereocenters. The second-order valence-corrected chi connectivity index (χ2v) is 5.49. The van der Waals surface area contributed by atoms with Gasteiger partial charge in [-0.25, -0.2) is 4.39 Å². The molecule has 1 aromatic rings. The molecule has 2 unspecified atom stereocenters. The van der Waals surface area contributed by atoms with E-state index in [1.54, 1.807) is 12.1 Å². The van der Waals surface area contributed by atoms with Crippen LogP contribution in [-0.2, 0) is 10.3 Å². The number of hydrogen-bond donors (Lipinski definition) is 1. The molecule has 0 saturated carbocycles. The molecule has 1 saturated heterocycles. The van der Waals surface area contributed by atoms with Gasteiger partial charge in [0.15, 0.2) is 11.6 Å². The third kappa shape index (κ3) is 2.90. The minimum atomic E-state index is -1.01. The van der Waals surface area contributed by atoms with E-state index in [9.17, 15) is 9.50 Å². The molecule has 19 heavy (non-hydrogen) atoms. The van der Waals surface area contributed by atoms with E-state index in [0.29, 0.717) is 30.9 Å². The van der Waals surface area contributed by atoms with Gasteiger partial charge >= 0.3 is 0 Å². The van der Waals surface area contributed by atoms with Gasteiger partial charge in [-0.2, -0.15) is 0 Å². The molecule has 1 fully saturated rings. The molecule has 1 N–H and O–H groups in total. The average molecular weight is 268 g/mol. The van der Waals surface area contributed by atoms with E-state index in [-0.39, 0.29) is 11.9 Å². The molecule has 3 nitrogen and oxygen atoms in total. The number of hydrogen-bond acceptors (Lipinski definition) is 3. The predicted octanol–water partition coefficient (Wildman–Crippen LogP) is 2.86. The largest absolute Gasteiger partial charge is 0.494 e. The van der Waals surface area contributed by atoms with Crippen LogP contribution in [0.1, 0.15) is 32.3 Å². The number of aliphatic hydroxyl groups is 1. The van der Waals surface area contributed by atoms with Gasteiger partial charge in [-0.3, -0.25) is 0 Å². The number of methoxy groups -OCH3 is 1. The molecule has 0 amide bonds. The van der Waals surface area contributed by atoms with Crippen molar-refractivity contribution in [2.24, 2.45) is 5.92 Å². The van der Waals surface area contributed by atoms with E-state index in [1.807, 2.05) is 0 Å². The molecular weight excluding hydrogens is 247 g/mol. The van der Waals surface area contributed by atoms with Crippen molar-refractivity contribution in [3.8, 4) is 5.75 Å². The van der Waals surface area contributed by atoms with Gasteiger partial charge in [0.1, 0.15) is 0 Å². The zero-order valence-corrected chi connectivity index (χ0v) is 11.6. The maximum atomic E-state index is 13.8. The standard InChI is InChI=1S/C15H21FO3/c1-10(2)14-9-15(17,6-7-19-14)11-4-5-13(18-3)12(16)8-11/h4-5,8,10,14,17H,6-7,9H2,1-3H3. The topological polar surface area (TPSA) is 38.7 Å². The lowest BCUT2D eigenvalue weighted by Crippen LogP contribution is -2.40. The molecule has 2 rings (SSSR count). The van der Waals surface area contributed by atoms with Crippen molar-refractivity contribution in [3.63, 3.8) is 0 Å². The van der Waals surface area contributed by atoms with Crippen LogP contribution >= 0.6 is 0 Å². The quantitative estimate of drug-likeness (QED) is 0.916. The summed E-state index contributed by atoms with van der Waals surface area (Å²) in [4.78, 5) is 0. The summed E-state index contributed by atoms with van der Waals surface area (Å²) in [5, 5.41) is 10.8. The number of rotatable bonds is 3. The third-order valence-electron chi connectivity index (χ3n) is 3.82.